The largest absolute Gasteiger partial charge is 0.444 e. The van der Waals surface area contributed by atoms with Crippen molar-refractivity contribution in [2.75, 3.05) is 13.1 Å². The van der Waals surface area contributed by atoms with Crippen molar-refractivity contribution in [1.82, 2.24) is 4.90 Å². The molecule has 0 aromatic heterocycles. The summed E-state index contributed by atoms with van der Waals surface area (Å²) >= 11 is 1.72. The van der Waals surface area contributed by atoms with Crippen molar-refractivity contribution in [1.29, 1.82) is 0 Å². The number of aliphatic imine (C=N–C) groups is 1. The van der Waals surface area contributed by atoms with Crippen LogP contribution in [0.4, 0.5) is 4.79 Å². The van der Waals surface area contributed by atoms with Crippen molar-refractivity contribution in [3.63, 3.8) is 0 Å². The van der Waals surface area contributed by atoms with Gasteiger partial charge in [0.1, 0.15) is 5.60 Å². The molecule has 0 spiro atoms. The highest BCUT2D eigenvalue weighted by atomic mass is 32.2. The molecule has 2 unspecified atom stereocenters. The summed E-state index contributed by atoms with van der Waals surface area (Å²) in [5.74, 6) is 0. The van der Waals surface area contributed by atoms with Crippen LogP contribution in [0.3, 0.4) is 0 Å². The Bertz CT molecular complexity index is 312. The number of hydrogen-bond donors (Lipinski definition) is 0. The summed E-state index contributed by atoms with van der Waals surface area (Å²) in [6.07, 6.45) is 0.756. The molecule has 0 aromatic rings. The third-order valence-corrected chi connectivity index (χ3v) is 3.72. The lowest BCUT2D eigenvalue weighted by atomic mass is 10.1. The zero-order valence-corrected chi connectivity index (χ0v) is 10.8. The summed E-state index contributed by atoms with van der Waals surface area (Å²) in [5, 5.41) is 0.432. The number of likely N-dealkylation sites (tertiary alicyclic amines) is 1. The molecule has 16 heavy (non-hydrogen) atoms. The molecule has 4 nitrogen and oxygen atoms in total. The third-order valence-electron chi connectivity index (χ3n) is 2.66. The van der Waals surface area contributed by atoms with Gasteiger partial charge in [-0.15, -0.1) is 11.8 Å². The van der Waals surface area contributed by atoms with E-state index in [-0.39, 0.29) is 6.09 Å². The van der Waals surface area contributed by atoms with E-state index in [1.54, 1.807) is 16.7 Å². The lowest BCUT2D eigenvalue weighted by Crippen LogP contribution is -2.47. The molecule has 0 aromatic carbocycles. The summed E-state index contributed by atoms with van der Waals surface area (Å²) in [6, 6.07) is 0.406. The Kier molecular flexibility index (Phi) is 3.15. The van der Waals surface area contributed by atoms with E-state index in [0.29, 0.717) is 11.3 Å². The number of ether oxygens (including phenoxy) is 1. The van der Waals surface area contributed by atoms with Crippen molar-refractivity contribution in [2.24, 2.45) is 4.99 Å². The summed E-state index contributed by atoms with van der Waals surface area (Å²) in [6.45, 7) is 7.19. The number of carbonyl (C=O) groups excluding carboxylic acids is 1. The summed E-state index contributed by atoms with van der Waals surface area (Å²) in [7, 11) is 0. The molecule has 1 saturated heterocycles. The van der Waals surface area contributed by atoms with Crippen LogP contribution in [0.15, 0.2) is 4.99 Å². The number of hydrogen-bond acceptors (Lipinski definition) is 4. The molecule has 2 rings (SSSR count). The first-order chi connectivity index (χ1) is 7.46. The average Bonchev–Trinajstić information content (AvgIpc) is 2.61. The number of rotatable bonds is 0. The van der Waals surface area contributed by atoms with Gasteiger partial charge in [0.2, 0.25) is 0 Å². The van der Waals surface area contributed by atoms with Gasteiger partial charge < -0.3 is 9.64 Å². The van der Waals surface area contributed by atoms with Crippen molar-refractivity contribution in [2.45, 2.75) is 44.1 Å². The number of amides is 1. The van der Waals surface area contributed by atoms with Crippen LogP contribution >= 0.6 is 11.8 Å². The normalized spacial score (nSPS) is 29.1. The van der Waals surface area contributed by atoms with Crippen molar-refractivity contribution >= 4 is 23.4 Å². The predicted molar refractivity (Wildman–Crippen MR) is 66.1 cm³/mol. The maximum atomic E-state index is 11.9. The highest BCUT2D eigenvalue weighted by Crippen LogP contribution is 2.29. The fourth-order valence-electron chi connectivity index (χ4n) is 1.89. The van der Waals surface area contributed by atoms with Crippen molar-refractivity contribution < 1.29 is 9.53 Å². The first-order valence-electron chi connectivity index (χ1n) is 5.61. The highest BCUT2D eigenvalue weighted by molar-refractivity contribution is 8.13. The molecule has 2 aliphatic heterocycles. The molecule has 0 aliphatic carbocycles. The minimum absolute atomic E-state index is 0.196. The summed E-state index contributed by atoms with van der Waals surface area (Å²) in [5.41, 5.74) is 1.50. The van der Waals surface area contributed by atoms with E-state index < -0.39 is 5.60 Å². The van der Waals surface area contributed by atoms with E-state index in [9.17, 15) is 4.79 Å². The van der Waals surface area contributed by atoms with E-state index in [0.717, 1.165) is 19.5 Å². The first-order valence-corrected chi connectivity index (χ1v) is 6.55. The van der Waals surface area contributed by atoms with Crippen LogP contribution in [-0.2, 0) is 4.74 Å². The number of carbonyl (C=O) groups is 1. The van der Waals surface area contributed by atoms with Crippen molar-refractivity contribution in [3.8, 4) is 0 Å². The molecule has 90 valence electrons. The van der Waals surface area contributed by atoms with Gasteiger partial charge in [0.15, 0.2) is 0 Å². The second kappa shape index (κ2) is 4.28. The van der Waals surface area contributed by atoms with Gasteiger partial charge in [-0.2, -0.15) is 0 Å². The van der Waals surface area contributed by atoms with Crippen LogP contribution < -0.4 is 0 Å². The Labute approximate surface area is 100 Å². The van der Waals surface area contributed by atoms with Gasteiger partial charge in [0, 0.05) is 13.1 Å². The van der Waals surface area contributed by atoms with Crippen molar-refractivity contribution in [3.05, 3.63) is 0 Å². The third kappa shape index (κ3) is 2.70. The van der Waals surface area contributed by atoms with E-state index in [1.807, 2.05) is 26.3 Å². The van der Waals surface area contributed by atoms with E-state index in [2.05, 4.69) is 4.99 Å². The number of thioether (sulfide) groups is 1. The van der Waals surface area contributed by atoms with Gasteiger partial charge in [-0.1, -0.05) is 0 Å². The maximum absolute atomic E-state index is 11.9. The molecule has 1 amide bonds. The standard InChI is InChI=1S/C11H18N2O2S/c1-11(2,3)15-10(14)13-5-4-8-9(6-13)16-7-12-8/h7-9H,4-6H2,1-3H3. The molecule has 2 atom stereocenters. The molecule has 2 heterocycles. The van der Waals surface area contributed by atoms with Crippen LogP contribution in [0, 0.1) is 0 Å². The highest BCUT2D eigenvalue weighted by Gasteiger charge is 2.35. The van der Waals surface area contributed by atoms with Gasteiger partial charge >= 0.3 is 6.09 Å². The number of piperidine rings is 1. The Morgan fingerprint density at radius 1 is 1.56 bits per heavy atom. The van der Waals surface area contributed by atoms with Crippen LogP contribution in [0.1, 0.15) is 27.2 Å². The summed E-state index contributed by atoms with van der Waals surface area (Å²) < 4.78 is 5.36. The van der Waals surface area contributed by atoms with Crippen LogP contribution in [0.5, 0.6) is 0 Å². The second-order valence-electron chi connectivity index (χ2n) is 5.21. The molecule has 0 radical (unpaired) electrons. The Morgan fingerprint density at radius 3 is 3.00 bits per heavy atom. The Balaban J connectivity index is 1.89. The van der Waals surface area contributed by atoms with Gasteiger partial charge in [-0.3, -0.25) is 4.99 Å². The molecule has 2 aliphatic rings. The quantitative estimate of drug-likeness (QED) is 0.653. The zero-order valence-electron chi connectivity index (χ0n) is 9.97. The van der Waals surface area contributed by atoms with E-state index >= 15 is 0 Å². The Hall–Kier alpha value is -0.710. The smallest absolute Gasteiger partial charge is 0.410 e. The van der Waals surface area contributed by atoms with Crippen LogP contribution in [0.2, 0.25) is 0 Å². The maximum Gasteiger partial charge on any atom is 0.410 e. The molecule has 5 heteroatoms. The fraction of sp³-hybridized carbons (Fsp3) is 0.818. The van der Waals surface area contributed by atoms with Gasteiger partial charge in [-0.25, -0.2) is 4.79 Å². The lowest BCUT2D eigenvalue weighted by molar-refractivity contribution is 0.0214. The predicted octanol–water partition coefficient (Wildman–Crippen LogP) is 2.14. The second-order valence-corrected chi connectivity index (χ2v) is 6.30. The van der Waals surface area contributed by atoms with E-state index in [4.69, 9.17) is 4.74 Å². The average molecular weight is 242 g/mol. The minimum atomic E-state index is -0.409. The lowest BCUT2D eigenvalue weighted by Gasteiger charge is -2.34. The van der Waals surface area contributed by atoms with E-state index in [1.165, 1.54) is 0 Å². The topological polar surface area (TPSA) is 41.9 Å². The molecular formula is C11H18N2O2S. The first kappa shape index (κ1) is 11.8. The SMILES string of the molecule is CC(C)(C)OC(=O)N1CCC2N=CSC2C1. The number of nitrogens with zero attached hydrogens (tertiary/aromatic N) is 2. The molecule has 1 fully saturated rings. The van der Waals surface area contributed by atoms with Gasteiger partial charge in [0.05, 0.1) is 16.8 Å². The monoisotopic (exact) mass is 242 g/mol. The summed E-state index contributed by atoms with van der Waals surface area (Å²) in [4.78, 5) is 18.0. The molecular weight excluding hydrogens is 224 g/mol. The fourth-order valence-corrected chi connectivity index (χ4v) is 2.93. The minimum Gasteiger partial charge on any atom is -0.444 e. The van der Waals surface area contributed by atoms with Crippen LogP contribution in [-0.4, -0.2) is 46.5 Å². The molecule has 0 saturated carbocycles. The van der Waals surface area contributed by atoms with Gasteiger partial charge in [0.25, 0.3) is 0 Å². The molecule has 0 N–H and O–H groups in total. The van der Waals surface area contributed by atoms with Gasteiger partial charge in [-0.05, 0) is 27.2 Å². The number of fused-ring (bicyclic) bond motifs is 1. The molecule has 0 bridgehead atoms. The van der Waals surface area contributed by atoms with Crippen LogP contribution in [0.25, 0.3) is 0 Å². The zero-order chi connectivity index (χ0) is 11.8. The Morgan fingerprint density at radius 2 is 2.31 bits per heavy atom.